The Bertz CT molecular complexity index is 643. The van der Waals surface area contributed by atoms with Crippen LogP contribution in [-0.2, 0) is 6.42 Å². The highest BCUT2D eigenvalue weighted by atomic mass is 79.9. The fourth-order valence-corrected chi connectivity index (χ4v) is 2.69. The van der Waals surface area contributed by atoms with Crippen molar-refractivity contribution in [3.05, 3.63) is 67.3 Å². The van der Waals surface area contributed by atoms with E-state index in [0.717, 1.165) is 4.47 Å². The Labute approximate surface area is 132 Å². The molecule has 0 fully saturated rings. The molecule has 0 N–H and O–H groups in total. The molecule has 0 heterocycles. The van der Waals surface area contributed by atoms with Crippen LogP contribution in [0.25, 0.3) is 0 Å². The maximum Gasteiger partial charge on any atom is 0.168 e. The van der Waals surface area contributed by atoms with Crippen molar-refractivity contribution in [2.75, 3.05) is 0 Å². The van der Waals surface area contributed by atoms with Gasteiger partial charge in [-0.15, -0.1) is 0 Å². The predicted molar refractivity (Wildman–Crippen MR) is 81.3 cm³/mol. The highest BCUT2D eigenvalue weighted by Gasteiger charge is 2.15. The lowest BCUT2D eigenvalue weighted by Gasteiger charge is -2.06. The second-order valence-corrected chi connectivity index (χ2v) is 6.11. The minimum atomic E-state index is -0.538. The maximum atomic E-state index is 13.8. The zero-order valence-corrected chi connectivity index (χ0v) is 13.5. The fraction of sp³-hybridized carbons (Fsp3) is 0.0714. The number of benzene rings is 2. The zero-order valence-electron chi connectivity index (χ0n) is 9.59. The normalized spacial score (nSPS) is 10.5. The van der Waals surface area contributed by atoms with Crippen molar-refractivity contribution in [1.29, 1.82) is 0 Å². The van der Waals surface area contributed by atoms with Crippen molar-refractivity contribution in [3.63, 3.8) is 0 Å². The summed E-state index contributed by atoms with van der Waals surface area (Å²) in [6.07, 6.45) is -0.0263. The number of halogens is 4. The molecule has 0 aliphatic carbocycles. The Morgan fingerprint density at radius 1 is 1.21 bits per heavy atom. The third-order valence-corrected chi connectivity index (χ3v) is 4.09. The molecule has 0 bridgehead atoms. The van der Waals surface area contributed by atoms with Crippen LogP contribution in [0.5, 0.6) is 0 Å². The van der Waals surface area contributed by atoms with Crippen molar-refractivity contribution in [2.45, 2.75) is 6.42 Å². The molecule has 2 aromatic rings. The largest absolute Gasteiger partial charge is 0.294 e. The van der Waals surface area contributed by atoms with E-state index in [1.807, 2.05) is 6.07 Å². The molecular formula is C14H8Br2ClFO. The minimum absolute atomic E-state index is 0.0263. The smallest absolute Gasteiger partial charge is 0.168 e. The van der Waals surface area contributed by atoms with Gasteiger partial charge in [-0.05, 0) is 29.8 Å². The first-order valence-electron chi connectivity index (χ1n) is 5.40. The van der Waals surface area contributed by atoms with Crippen LogP contribution in [0.1, 0.15) is 15.9 Å². The van der Waals surface area contributed by atoms with E-state index < -0.39 is 5.82 Å². The standard InChI is InChI=1S/C14H8Br2ClFO/c15-9-4-5-11(16)10(7-9)13(19)6-8-2-1-3-12(17)14(8)18/h1-5,7H,6H2. The van der Waals surface area contributed by atoms with Crippen LogP contribution in [0.2, 0.25) is 5.02 Å². The highest BCUT2D eigenvalue weighted by molar-refractivity contribution is 9.11. The van der Waals surface area contributed by atoms with Crippen molar-refractivity contribution >= 4 is 49.2 Å². The van der Waals surface area contributed by atoms with Gasteiger partial charge in [0, 0.05) is 20.9 Å². The quantitative estimate of drug-likeness (QED) is 0.621. The first-order chi connectivity index (χ1) is 8.99. The van der Waals surface area contributed by atoms with Crippen LogP contribution < -0.4 is 0 Å². The summed E-state index contributed by atoms with van der Waals surface area (Å²) in [5.74, 6) is -0.710. The van der Waals surface area contributed by atoms with Gasteiger partial charge in [-0.3, -0.25) is 4.79 Å². The Balaban J connectivity index is 2.31. The first-order valence-corrected chi connectivity index (χ1v) is 7.36. The molecule has 0 aliphatic heterocycles. The number of Topliss-reactive ketones (excluding diaryl/α,β-unsaturated/α-hetero) is 1. The molecule has 19 heavy (non-hydrogen) atoms. The molecule has 0 radical (unpaired) electrons. The molecule has 98 valence electrons. The molecule has 0 atom stereocenters. The number of hydrogen-bond acceptors (Lipinski definition) is 1. The van der Waals surface area contributed by atoms with Crippen molar-refractivity contribution in [2.24, 2.45) is 0 Å². The van der Waals surface area contributed by atoms with Gasteiger partial charge in [0.15, 0.2) is 5.78 Å². The summed E-state index contributed by atoms with van der Waals surface area (Å²) in [5.41, 5.74) is 0.804. The van der Waals surface area contributed by atoms with E-state index in [0.29, 0.717) is 15.6 Å². The lowest BCUT2D eigenvalue weighted by molar-refractivity contribution is 0.0991. The summed E-state index contributed by atoms with van der Waals surface area (Å²) >= 11 is 12.3. The molecule has 0 saturated carbocycles. The van der Waals surface area contributed by atoms with Crippen LogP contribution in [0.3, 0.4) is 0 Å². The van der Waals surface area contributed by atoms with Gasteiger partial charge in [0.25, 0.3) is 0 Å². The van der Waals surface area contributed by atoms with E-state index in [1.54, 1.807) is 24.3 Å². The SMILES string of the molecule is O=C(Cc1cccc(Cl)c1F)c1cc(Br)ccc1Br. The van der Waals surface area contributed by atoms with Crippen molar-refractivity contribution < 1.29 is 9.18 Å². The van der Waals surface area contributed by atoms with E-state index in [2.05, 4.69) is 31.9 Å². The van der Waals surface area contributed by atoms with Gasteiger partial charge in [0.1, 0.15) is 5.82 Å². The third kappa shape index (κ3) is 3.44. The second kappa shape index (κ2) is 6.16. The number of rotatable bonds is 3. The first kappa shape index (κ1) is 14.7. The van der Waals surface area contributed by atoms with Gasteiger partial charge in [-0.25, -0.2) is 4.39 Å². The van der Waals surface area contributed by atoms with Gasteiger partial charge in [0.2, 0.25) is 0 Å². The molecule has 0 unspecified atom stereocenters. The Morgan fingerprint density at radius 2 is 1.95 bits per heavy atom. The van der Waals surface area contributed by atoms with Crippen LogP contribution in [-0.4, -0.2) is 5.78 Å². The van der Waals surface area contributed by atoms with Crippen LogP contribution in [0.4, 0.5) is 4.39 Å². The Hall–Kier alpha value is -0.710. The molecule has 0 amide bonds. The summed E-state index contributed by atoms with van der Waals surface area (Å²) in [4.78, 5) is 12.2. The van der Waals surface area contributed by atoms with Crippen LogP contribution in [0.15, 0.2) is 45.3 Å². The Morgan fingerprint density at radius 3 is 2.68 bits per heavy atom. The van der Waals surface area contributed by atoms with Gasteiger partial charge in [-0.1, -0.05) is 55.6 Å². The van der Waals surface area contributed by atoms with Crippen LogP contribution in [0, 0.1) is 5.82 Å². The lowest BCUT2D eigenvalue weighted by atomic mass is 10.0. The number of hydrogen-bond donors (Lipinski definition) is 0. The summed E-state index contributed by atoms with van der Waals surface area (Å²) in [6.45, 7) is 0. The van der Waals surface area contributed by atoms with Crippen LogP contribution >= 0.6 is 43.5 Å². The van der Waals surface area contributed by atoms with Gasteiger partial charge in [-0.2, -0.15) is 0 Å². The summed E-state index contributed by atoms with van der Waals surface area (Å²) in [6, 6.07) is 9.94. The van der Waals surface area contributed by atoms with E-state index in [-0.39, 0.29) is 17.2 Å². The van der Waals surface area contributed by atoms with Crippen molar-refractivity contribution in [1.82, 2.24) is 0 Å². The van der Waals surface area contributed by atoms with Crippen molar-refractivity contribution in [3.8, 4) is 0 Å². The summed E-state index contributed by atoms with van der Waals surface area (Å²) in [7, 11) is 0. The zero-order chi connectivity index (χ0) is 14.0. The predicted octanol–water partition coefficient (Wildman–Crippen LogP) is 5.43. The topological polar surface area (TPSA) is 17.1 Å². The summed E-state index contributed by atoms with van der Waals surface area (Å²) < 4.78 is 15.2. The number of ketones is 1. The van der Waals surface area contributed by atoms with E-state index >= 15 is 0 Å². The Kier molecular flexibility index (Phi) is 4.76. The minimum Gasteiger partial charge on any atom is -0.294 e. The van der Waals surface area contributed by atoms with E-state index in [4.69, 9.17) is 11.6 Å². The molecule has 0 spiro atoms. The molecule has 1 nitrogen and oxygen atoms in total. The highest BCUT2D eigenvalue weighted by Crippen LogP contribution is 2.24. The average Bonchev–Trinajstić information content (AvgIpc) is 2.38. The van der Waals surface area contributed by atoms with E-state index in [9.17, 15) is 9.18 Å². The summed E-state index contributed by atoms with van der Waals surface area (Å²) in [5, 5.41) is 0.0265. The monoisotopic (exact) mass is 404 g/mol. The van der Waals surface area contributed by atoms with Gasteiger partial charge < -0.3 is 0 Å². The molecule has 2 aromatic carbocycles. The van der Waals surface area contributed by atoms with Gasteiger partial charge in [0.05, 0.1) is 5.02 Å². The number of carbonyl (C=O) groups excluding carboxylic acids is 1. The number of carbonyl (C=O) groups is 1. The second-order valence-electron chi connectivity index (χ2n) is 3.94. The molecule has 0 aromatic heterocycles. The molecule has 5 heteroatoms. The molecular weight excluding hydrogens is 398 g/mol. The third-order valence-electron chi connectivity index (χ3n) is 2.61. The molecule has 0 saturated heterocycles. The maximum absolute atomic E-state index is 13.8. The van der Waals surface area contributed by atoms with E-state index in [1.165, 1.54) is 6.07 Å². The lowest BCUT2D eigenvalue weighted by Crippen LogP contribution is -2.06. The van der Waals surface area contributed by atoms with Gasteiger partial charge >= 0.3 is 0 Å². The average molecular weight is 406 g/mol. The molecule has 0 aliphatic rings. The molecule has 2 rings (SSSR count). The fourth-order valence-electron chi connectivity index (χ4n) is 1.66.